The smallest absolute Gasteiger partial charge is 0.120 e. The van der Waals surface area contributed by atoms with Crippen LogP contribution < -0.4 is 10.1 Å². The van der Waals surface area contributed by atoms with Crippen molar-refractivity contribution in [2.45, 2.75) is 18.9 Å². The van der Waals surface area contributed by atoms with Crippen molar-refractivity contribution in [1.82, 2.24) is 5.32 Å². The molecule has 1 N–H and O–H groups in total. The van der Waals surface area contributed by atoms with Crippen LogP contribution in [0.4, 0.5) is 0 Å². The van der Waals surface area contributed by atoms with E-state index in [-0.39, 0.29) is 0 Å². The van der Waals surface area contributed by atoms with Gasteiger partial charge in [-0.05, 0) is 43.1 Å². The summed E-state index contributed by atoms with van der Waals surface area (Å²) in [5.74, 6) is 0.928. The Morgan fingerprint density at radius 2 is 2.29 bits per heavy atom. The van der Waals surface area contributed by atoms with Crippen LogP contribution in [0.3, 0.4) is 0 Å². The molecule has 0 saturated heterocycles. The molecule has 0 spiro atoms. The predicted molar refractivity (Wildman–Crippen MR) is 60.8 cm³/mol. The summed E-state index contributed by atoms with van der Waals surface area (Å²) in [5, 5.41) is 3.32. The van der Waals surface area contributed by atoms with Crippen molar-refractivity contribution in [2.75, 3.05) is 14.2 Å². The Morgan fingerprint density at radius 3 is 2.93 bits per heavy atom. The summed E-state index contributed by atoms with van der Waals surface area (Å²) in [6, 6.07) is 4.65. The van der Waals surface area contributed by atoms with E-state index >= 15 is 0 Å². The second kappa shape index (κ2) is 3.91. The number of benzene rings is 1. The maximum absolute atomic E-state index is 5.26. The van der Waals surface area contributed by atoms with Crippen LogP contribution in [0, 0.1) is 0 Å². The molecule has 0 fully saturated rings. The van der Waals surface area contributed by atoms with Gasteiger partial charge in [0.2, 0.25) is 0 Å². The van der Waals surface area contributed by atoms with E-state index < -0.39 is 0 Å². The zero-order valence-electron chi connectivity index (χ0n) is 8.43. The second-order valence-corrected chi connectivity index (χ2v) is 4.41. The summed E-state index contributed by atoms with van der Waals surface area (Å²) < 4.78 is 6.43. The van der Waals surface area contributed by atoms with Crippen LogP contribution in [-0.2, 0) is 6.42 Å². The molecule has 0 saturated carbocycles. The lowest BCUT2D eigenvalue weighted by Crippen LogP contribution is -2.12. The van der Waals surface area contributed by atoms with Gasteiger partial charge < -0.3 is 10.1 Å². The summed E-state index contributed by atoms with van der Waals surface area (Å²) in [4.78, 5) is 0. The Balaban J connectivity index is 2.47. The van der Waals surface area contributed by atoms with E-state index in [0.29, 0.717) is 6.04 Å². The summed E-state index contributed by atoms with van der Waals surface area (Å²) in [7, 11) is 3.71. The highest BCUT2D eigenvalue weighted by Crippen LogP contribution is 2.38. The third-order valence-corrected chi connectivity index (χ3v) is 3.55. The normalized spacial score (nSPS) is 19.5. The van der Waals surface area contributed by atoms with Crippen molar-refractivity contribution in [3.8, 4) is 5.75 Å². The minimum absolute atomic E-state index is 0.483. The topological polar surface area (TPSA) is 21.3 Å². The van der Waals surface area contributed by atoms with E-state index in [1.165, 1.54) is 22.0 Å². The van der Waals surface area contributed by atoms with Crippen LogP contribution in [0.5, 0.6) is 5.75 Å². The van der Waals surface area contributed by atoms with Crippen LogP contribution in [-0.4, -0.2) is 14.2 Å². The van der Waals surface area contributed by atoms with Gasteiger partial charge in [-0.1, -0.05) is 15.9 Å². The zero-order chi connectivity index (χ0) is 10.1. The van der Waals surface area contributed by atoms with E-state index in [1.807, 2.05) is 13.1 Å². The van der Waals surface area contributed by atoms with Crippen molar-refractivity contribution >= 4 is 15.9 Å². The maximum atomic E-state index is 5.26. The first kappa shape index (κ1) is 9.99. The van der Waals surface area contributed by atoms with Crippen LogP contribution in [0.1, 0.15) is 23.6 Å². The molecule has 0 aromatic heterocycles. The lowest BCUT2D eigenvalue weighted by atomic mass is 10.1. The summed E-state index contributed by atoms with van der Waals surface area (Å²) in [5.41, 5.74) is 2.80. The number of halogens is 1. The first-order valence-corrected chi connectivity index (χ1v) is 5.59. The molecule has 14 heavy (non-hydrogen) atoms. The largest absolute Gasteiger partial charge is 0.497 e. The second-order valence-electron chi connectivity index (χ2n) is 3.56. The van der Waals surface area contributed by atoms with Gasteiger partial charge in [0.1, 0.15) is 5.75 Å². The van der Waals surface area contributed by atoms with E-state index in [4.69, 9.17) is 4.74 Å². The fourth-order valence-electron chi connectivity index (χ4n) is 2.07. The van der Waals surface area contributed by atoms with E-state index in [9.17, 15) is 0 Å². The molecule has 76 valence electrons. The number of hydrogen-bond donors (Lipinski definition) is 1. The van der Waals surface area contributed by atoms with E-state index in [1.54, 1.807) is 7.11 Å². The summed E-state index contributed by atoms with van der Waals surface area (Å²) in [6.45, 7) is 0. The van der Waals surface area contributed by atoms with Crippen molar-refractivity contribution in [3.63, 3.8) is 0 Å². The molecule has 2 rings (SSSR count). The quantitative estimate of drug-likeness (QED) is 0.878. The van der Waals surface area contributed by atoms with Crippen molar-refractivity contribution < 1.29 is 4.74 Å². The molecule has 2 nitrogen and oxygen atoms in total. The SMILES string of the molecule is CN[C@@H]1CCc2c(Br)cc(OC)cc21. The van der Waals surface area contributed by atoms with Crippen LogP contribution >= 0.6 is 15.9 Å². The molecule has 1 aliphatic carbocycles. The van der Waals surface area contributed by atoms with Crippen molar-refractivity contribution in [3.05, 3.63) is 27.7 Å². The minimum Gasteiger partial charge on any atom is -0.497 e. The number of rotatable bonds is 2. The molecule has 0 unspecified atom stereocenters. The van der Waals surface area contributed by atoms with Crippen LogP contribution in [0.2, 0.25) is 0 Å². The molecule has 1 aliphatic rings. The lowest BCUT2D eigenvalue weighted by Gasteiger charge is -2.12. The molecule has 3 heteroatoms. The molecule has 0 radical (unpaired) electrons. The third-order valence-electron chi connectivity index (χ3n) is 2.85. The molecule has 1 aromatic rings. The first-order chi connectivity index (χ1) is 6.76. The Kier molecular flexibility index (Phi) is 2.79. The Morgan fingerprint density at radius 1 is 1.50 bits per heavy atom. The van der Waals surface area contributed by atoms with Crippen molar-refractivity contribution in [1.29, 1.82) is 0 Å². The number of methoxy groups -OCH3 is 1. The Hall–Kier alpha value is -0.540. The number of fused-ring (bicyclic) bond motifs is 1. The summed E-state index contributed by atoms with van der Waals surface area (Å²) in [6.07, 6.45) is 2.32. The minimum atomic E-state index is 0.483. The van der Waals surface area contributed by atoms with Crippen LogP contribution in [0.15, 0.2) is 16.6 Å². The molecule has 0 amide bonds. The molecule has 0 aliphatic heterocycles. The van der Waals surface area contributed by atoms with Gasteiger partial charge >= 0.3 is 0 Å². The average Bonchev–Trinajstić information content (AvgIpc) is 2.61. The maximum Gasteiger partial charge on any atom is 0.120 e. The van der Waals surface area contributed by atoms with Gasteiger partial charge in [-0.15, -0.1) is 0 Å². The lowest BCUT2D eigenvalue weighted by molar-refractivity contribution is 0.413. The molecule has 0 bridgehead atoms. The molecule has 1 aromatic carbocycles. The van der Waals surface area contributed by atoms with Gasteiger partial charge in [0, 0.05) is 10.5 Å². The molecular formula is C11H14BrNO. The first-order valence-electron chi connectivity index (χ1n) is 4.80. The third kappa shape index (κ3) is 1.55. The molecule has 1 atom stereocenters. The fourth-order valence-corrected chi connectivity index (χ4v) is 2.72. The van der Waals surface area contributed by atoms with Gasteiger partial charge in [0.25, 0.3) is 0 Å². The number of ether oxygens (including phenoxy) is 1. The van der Waals surface area contributed by atoms with Crippen molar-refractivity contribution in [2.24, 2.45) is 0 Å². The molecular weight excluding hydrogens is 242 g/mol. The van der Waals surface area contributed by atoms with Gasteiger partial charge in [-0.25, -0.2) is 0 Å². The van der Waals surface area contributed by atoms with E-state index in [0.717, 1.165) is 12.2 Å². The Labute approximate surface area is 92.8 Å². The number of nitrogens with one attached hydrogen (secondary N) is 1. The van der Waals surface area contributed by atoms with Gasteiger partial charge in [-0.2, -0.15) is 0 Å². The standard InChI is InChI=1S/C11H14BrNO/c1-13-11-4-3-8-9(11)5-7(14-2)6-10(8)12/h5-6,11,13H,3-4H2,1-2H3/t11-/m1/s1. The van der Waals surface area contributed by atoms with Gasteiger partial charge in [-0.3, -0.25) is 0 Å². The zero-order valence-corrected chi connectivity index (χ0v) is 10.0. The highest BCUT2D eigenvalue weighted by Gasteiger charge is 2.23. The van der Waals surface area contributed by atoms with E-state index in [2.05, 4.69) is 27.3 Å². The monoisotopic (exact) mass is 255 g/mol. The average molecular weight is 256 g/mol. The van der Waals surface area contributed by atoms with Crippen LogP contribution in [0.25, 0.3) is 0 Å². The fraction of sp³-hybridized carbons (Fsp3) is 0.455. The number of hydrogen-bond acceptors (Lipinski definition) is 2. The highest BCUT2D eigenvalue weighted by atomic mass is 79.9. The highest BCUT2D eigenvalue weighted by molar-refractivity contribution is 9.10. The molecule has 0 heterocycles. The Bertz CT molecular complexity index is 351. The van der Waals surface area contributed by atoms with Gasteiger partial charge in [0.05, 0.1) is 7.11 Å². The van der Waals surface area contributed by atoms with Gasteiger partial charge in [0.15, 0.2) is 0 Å². The summed E-state index contributed by atoms with van der Waals surface area (Å²) >= 11 is 3.59. The predicted octanol–water partition coefficient (Wildman–Crippen LogP) is 2.66.